The first kappa shape index (κ1) is 12.6. The van der Waals surface area contributed by atoms with E-state index in [1.54, 1.807) is 6.07 Å². The number of fused-ring (bicyclic) bond motifs is 1. The van der Waals surface area contributed by atoms with Crippen molar-refractivity contribution in [2.24, 2.45) is 0 Å². The third-order valence-electron chi connectivity index (χ3n) is 3.15. The second-order valence-electron chi connectivity index (χ2n) is 4.47. The van der Waals surface area contributed by atoms with Crippen molar-refractivity contribution in [1.82, 2.24) is 0 Å². The van der Waals surface area contributed by atoms with Gasteiger partial charge in [0.15, 0.2) is 5.00 Å². The molecule has 100 valence electrons. The molecule has 0 fully saturated rings. The Bertz CT molecular complexity index is 795. The lowest BCUT2D eigenvalue weighted by molar-refractivity contribution is -0.381. The van der Waals surface area contributed by atoms with Gasteiger partial charge in [0.05, 0.1) is 10.3 Å². The number of benzene rings is 2. The maximum Gasteiger partial charge on any atom is 0.311 e. The van der Waals surface area contributed by atoms with Crippen LogP contribution in [0.4, 0.5) is 16.4 Å². The third-order valence-corrected chi connectivity index (χ3v) is 4.22. The zero-order valence-corrected chi connectivity index (χ0v) is 11.6. The highest BCUT2D eigenvalue weighted by Crippen LogP contribution is 2.43. The first-order valence-electron chi connectivity index (χ1n) is 6.15. The van der Waals surface area contributed by atoms with Crippen LogP contribution < -0.4 is 5.32 Å². The Morgan fingerprint density at radius 2 is 1.80 bits per heavy atom. The van der Waals surface area contributed by atoms with E-state index in [1.165, 1.54) is 11.3 Å². The van der Waals surface area contributed by atoms with E-state index >= 15 is 0 Å². The zero-order chi connectivity index (χ0) is 14.1. The predicted octanol–water partition coefficient (Wildman–Crippen LogP) is 4.86. The van der Waals surface area contributed by atoms with Gasteiger partial charge in [0.2, 0.25) is 0 Å². The number of rotatable bonds is 3. The van der Waals surface area contributed by atoms with Crippen molar-refractivity contribution in [3.05, 3.63) is 64.2 Å². The first-order chi connectivity index (χ1) is 9.66. The lowest BCUT2D eigenvalue weighted by Gasteiger charge is -2.06. The highest BCUT2D eigenvalue weighted by atomic mass is 32.1. The summed E-state index contributed by atoms with van der Waals surface area (Å²) in [5.41, 5.74) is 2.09. The fourth-order valence-electron chi connectivity index (χ4n) is 2.13. The van der Waals surface area contributed by atoms with Gasteiger partial charge in [0.1, 0.15) is 0 Å². The van der Waals surface area contributed by atoms with Crippen LogP contribution in [0.3, 0.4) is 0 Å². The predicted molar refractivity (Wildman–Crippen MR) is 82.9 cm³/mol. The van der Waals surface area contributed by atoms with Crippen LogP contribution in [0.5, 0.6) is 0 Å². The fourth-order valence-corrected chi connectivity index (χ4v) is 3.22. The van der Waals surface area contributed by atoms with Crippen molar-refractivity contribution < 1.29 is 4.92 Å². The molecule has 5 heteroatoms. The molecule has 1 aromatic heterocycles. The second kappa shape index (κ2) is 4.94. The molecule has 0 saturated carbocycles. The van der Waals surface area contributed by atoms with Crippen LogP contribution in [0.2, 0.25) is 0 Å². The topological polar surface area (TPSA) is 55.2 Å². The minimum atomic E-state index is -0.320. The van der Waals surface area contributed by atoms with Gasteiger partial charge in [0.25, 0.3) is 0 Å². The largest absolute Gasteiger partial charge is 0.341 e. The standard InChI is InChI=1S/C15H12N2O2S/c1-10-6-2-4-8-12(10)16-15-14(17(18)19)11-7-3-5-9-13(11)20-15/h2-9,16H,1H3. The molecule has 0 amide bonds. The molecule has 3 rings (SSSR count). The van der Waals surface area contributed by atoms with Crippen LogP contribution in [0, 0.1) is 17.0 Å². The lowest BCUT2D eigenvalue weighted by Crippen LogP contribution is -1.95. The van der Waals surface area contributed by atoms with Crippen LogP contribution in [-0.2, 0) is 0 Å². The van der Waals surface area contributed by atoms with E-state index in [2.05, 4.69) is 5.32 Å². The number of anilines is 2. The molecule has 0 atom stereocenters. The Hall–Kier alpha value is -2.40. The molecule has 4 nitrogen and oxygen atoms in total. The molecule has 1 heterocycles. The number of nitro groups is 1. The molecule has 0 unspecified atom stereocenters. The number of para-hydroxylation sites is 1. The van der Waals surface area contributed by atoms with Crippen molar-refractivity contribution in [1.29, 1.82) is 0 Å². The number of hydrogen-bond donors (Lipinski definition) is 1. The molecule has 0 saturated heterocycles. The minimum absolute atomic E-state index is 0.147. The summed E-state index contributed by atoms with van der Waals surface area (Å²) in [6.07, 6.45) is 0. The van der Waals surface area contributed by atoms with E-state index in [0.717, 1.165) is 16.0 Å². The van der Waals surface area contributed by atoms with Gasteiger partial charge >= 0.3 is 5.69 Å². The Labute approximate surface area is 119 Å². The first-order valence-corrected chi connectivity index (χ1v) is 6.97. The molecule has 3 aromatic rings. The van der Waals surface area contributed by atoms with E-state index in [4.69, 9.17) is 0 Å². The molecule has 0 aliphatic carbocycles. The fraction of sp³-hybridized carbons (Fsp3) is 0.0667. The Morgan fingerprint density at radius 3 is 2.55 bits per heavy atom. The van der Waals surface area contributed by atoms with Gasteiger partial charge in [-0.1, -0.05) is 30.3 Å². The van der Waals surface area contributed by atoms with Crippen molar-refractivity contribution in [3.8, 4) is 0 Å². The summed E-state index contributed by atoms with van der Waals surface area (Å²) in [7, 11) is 0. The lowest BCUT2D eigenvalue weighted by atomic mass is 10.2. The van der Waals surface area contributed by atoms with Gasteiger partial charge in [-0.25, -0.2) is 0 Å². The van der Waals surface area contributed by atoms with Gasteiger partial charge in [0, 0.05) is 10.4 Å². The molecule has 0 spiro atoms. The Morgan fingerprint density at radius 1 is 1.10 bits per heavy atom. The molecule has 0 radical (unpaired) electrons. The molecular weight excluding hydrogens is 272 g/mol. The van der Waals surface area contributed by atoms with Gasteiger partial charge in [-0.2, -0.15) is 0 Å². The highest BCUT2D eigenvalue weighted by Gasteiger charge is 2.22. The molecule has 20 heavy (non-hydrogen) atoms. The maximum atomic E-state index is 11.3. The number of hydrogen-bond acceptors (Lipinski definition) is 4. The van der Waals surface area contributed by atoms with E-state index in [9.17, 15) is 10.1 Å². The summed E-state index contributed by atoms with van der Waals surface area (Å²) in [5.74, 6) is 0. The number of nitrogens with zero attached hydrogens (tertiary/aromatic N) is 1. The number of thiophene rings is 1. The van der Waals surface area contributed by atoms with E-state index in [1.807, 2.05) is 49.4 Å². The third kappa shape index (κ3) is 2.12. The highest BCUT2D eigenvalue weighted by molar-refractivity contribution is 7.23. The van der Waals surface area contributed by atoms with Crippen molar-refractivity contribution >= 4 is 37.8 Å². The van der Waals surface area contributed by atoms with E-state index in [-0.39, 0.29) is 10.6 Å². The summed E-state index contributed by atoms with van der Waals surface area (Å²) in [5, 5.41) is 15.8. The van der Waals surface area contributed by atoms with Crippen LogP contribution in [0.15, 0.2) is 48.5 Å². The summed E-state index contributed by atoms with van der Waals surface area (Å²) >= 11 is 1.40. The minimum Gasteiger partial charge on any atom is -0.341 e. The summed E-state index contributed by atoms with van der Waals surface area (Å²) < 4.78 is 0.912. The van der Waals surface area contributed by atoms with Gasteiger partial charge in [-0.05, 0) is 30.7 Å². The molecule has 0 bridgehead atoms. The molecule has 0 aliphatic rings. The Kier molecular flexibility index (Phi) is 3.12. The molecule has 2 aromatic carbocycles. The van der Waals surface area contributed by atoms with Gasteiger partial charge in [-0.3, -0.25) is 10.1 Å². The van der Waals surface area contributed by atoms with Gasteiger partial charge < -0.3 is 5.32 Å². The van der Waals surface area contributed by atoms with Crippen LogP contribution >= 0.6 is 11.3 Å². The van der Waals surface area contributed by atoms with Crippen molar-refractivity contribution in [2.75, 3.05) is 5.32 Å². The van der Waals surface area contributed by atoms with Crippen molar-refractivity contribution in [3.63, 3.8) is 0 Å². The smallest absolute Gasteiger partial charge is 0.311 e. The Balaban J connectivity index is 2.14. The zero-order valence-electron chi connectivity index (χ0n) is 10.8. The monoisotopic (exact) mass is 284 g/mol. The second-order valence-corrected chi connectivity index (χ2v) is 5.53. The van der Waals surface area contributed by atoms with Crippen LogP contribution in [0.25, 0.3) is 10.1 Å². The summed E-state index contributed by atoms with van der Waals surface area (Å²) in [6, 6.07) is 15.1. The summed E-state index contributed by atoms with van der Waals surface area (Å²) in [6.45, 7) is 1.97. The molecule has 0 aliphatic heterocycles. The van der Waals surface area contributed by atoms with Crippen LogP contribution in [0.1, 0.15) is 5.56 Å². The molecular formula is C15H12N2O2S. The average Bonchev–Trinajstić information content (AvgIpc) is 2.79. The van der Waals surface area contributed by atoms with Crippen molar-refractivity contribution in [2.45, 2.75) is 6.92 Å². The van der Waals surface area contributed by atoms with E-state index < -0.39 is 0 Å². The SMILES string of the molecule is Cc1ccccc1Nc1sc2ccccc2c1[N+](=O)[O-]. The quantitative estimate of drug-likeness (QED) is 0.552. The number of nitrogens with one attached hydrogen (secondary N) is 1. The normalized spacial score (nSPS) is 10.7. The van der Waals surface area contributed by atoms with Crippen LogP contribution in [-0.4, -0.2) is 4.92 Å². The molecule has 1 N–H and O–H groups in total. The average molecular weight is 284 g/mol. The summed E-state index contributed by atoms with van der Waals surface area (Å²) in [4.78, 5) is 11.0. The maximum absolute atomic E-state index is 11.3. The van der Waals surface area contributed by atoms with Gasteiger partial charge in [-0.15, -0.1) is 11.3 Å². The van der Waals surface area contributed by atoms with E-state index in [0.29, 0.717) is 10.4 Å². The number of aryl methyl sites for hydroxylation is 1.